The zero-order valence-corrected chi connectivity index (χ0v) is 11.7. The molecule has 0 aromatic carbocycles. The lowest BCUT2D eigenvalue weighted by Crippen LogP contribution is -2.53. The number of nitrogens with one attached hydrogen (secondary N) is 1. The highest BCUT2D eigenvalue weighted by Crippen LogP contribution is 2.06. The second-order valence-electron chi connectivity index (χ2n) is 4.64. The molecule has 0 saturated heterocycles. The fraction of sp³-hybridized carbons (Fsp3) is 0.833. The van der Waals surface area contributed by atoms with Gasteiger partial charge in [-0.05, 0) is 19.4 Å². The SMILES string of the molecule is NCCCCCNC(=O)[C@@H](O)[C@@H](O)[C@H](O)[C@@H](O)C(=O)CO. The summed E-state index contributed by atoms with van der Waals surface area (Å²) in [6.45, 7) is -0.233. The average molecular weight is 308 g/mol. The lowest BCUT2D eigenvalue weighted by molar-refractivity contribution is -0.155. The summed E-state index contributed by atoms with van der Waals surface area (Å²) >= 11 is 0. The summed E-state index contributed by atoms with van der Waals surface area (Å²) in [5.74, 6) is -2.06. The highest BCUT2D eigenvalue weighted by atomic mass is 16.4. The van der Waals surface area contributed by atoms with Gasteiger partial charge < -0.3 is 36.6 Å². The van der Waals surface area contributed by atoms with Gasteiger partial charge in [-0.3, -0.25) is 9.59 Å². The van der Waals surface area contributed by atoms with Crippen LogP contribution in [-0.4, -0.2) is 81.3 Å². The van der Waals surface area contributed by atoms with Crippen LogP contribution in [0.4, 0.5) is 0 Å². The predicted octanol–water partition coefficient (Wildman–Crippen LogP) is -3.76. The summed E-state index contributed by atoms with van der Waals surface area (Å²) in [5.41, 5.74) is 5.30. The van der Waals surface area contributed by atoms with Crippen LogP contribution in [0.2, 0.25) is 0 Å². The van der Waals surface area contributed by atoms with Gasteiger partial charge in [0.15, 0.2) is 11.9 Å². The highest BCUT2D eigenvalue weighted by Gasteiger charge is 2.36. The highest BCUT2D eigenvalue weighted by molar-refractivity contribution is 5.85. The number of amides is 1. The zero-order valence-electron chi connectivity index (χ0n) is 11.7. The quantitative estimate of drug-likeness (QED) is 0.190. The smallest absolute Gasteiger partial charge is 0.251 e. The molecule has 8 N–H and O–H groups in total. The molecular formula is C12H24N2O7. The van der Waals surface area contributed by atoms with Gasteiger partial charge >= 0.3 is 0 Å². The van der Waals surface area contributed by atoms with Crippen molar-refractivity contribution in [2.45, 2.75) is 43.7 Å². The first-order valence-electron chi connectivity index (χ1n) is 6.70. The third-order valence-electron chi connectivity index (χ3n) is 2.93. The molecule has 0 spiro atoms. The summed E-state index contributed by atoms with van der Waals surface area (Å²) in [6, 6.07) is 0. The van der Waals surface area contributed by atoms with Crippen molar-refractivity contribution in [3.63, 3.8) is 0 Å². The molecule has 0 aliphatic heterocycles. The van der Waals surface area contributed by atoms with E-state index in [1.807, 2.05) is 0 Å². The number of carbonyl (C=O) groups excluding carboxylic acids is 2. The Balaban J connectivity index is 4.25. The van der Waals surface area contributed by atoms with Crippen molar-refractivity contribution in [3.05, 3.63) is 0 Å². The topological polar surface area (TPSA) is 173 Å². The standard InChI is InChI=1S/C12H24N2O7/c13-4-2-1-3-5-14-12(21)11(20)10(19)9(18)8(17)7(16)6-15/h8-11,15,17-20H,1-6,13H2,(H,14,21)/t8-,9+,10-,11-/m0/s1. The van der Waals surface area contributed by atoms with E-state index in [0.717, 1.165) is 12.8 Å². The van der Waals surface area contributed by atoms with Crippen molar-refractivity contribution < 1.29 is 35.1 Å². The molecule has 0 fully saturated rings. The maximum atomic E-state index is 11.5. The molecular weight excluding hydrogens is 284 g/mol. The number of unbranched alkanes of at least 4 members (excludes halogenated alkanes) is 2. The van der Waals surface area contributed by atoms with Gasteiger partial charge in [0.25, 0.3) is 5.91 Å². The number of aliphatic hydroxyl groups is 5. The number of hydrogen-bond donors (Lipinski definition) is 7. The molecule has 0 aliphatic carbocycles. The molecule has 0 heterocycles. The molecule has 9 nitrogen and oxygen atoms in total. The maximum Gasteiger partial charge on any atom is 0.251 e. The molecule has 0 rings (SSSR count). The van der Waals surface area contributed by atoms with E-state index in [-0.39, 0.29) is 6.54 Å². The van der Waals surface area contributed by atoms with E-state index < -0.39 is 42.7 Å². The number of aliphatic hydroxyl groups excluding tert-OH is 5. The van der Waals surface area contributed by atoms with Crippen LogP contribution in [0.25, 0.3) is 0 Å². The fourth-order valence-corrected chi connectivity index (χ4v) is 1.57. The Bertz CT molecular complexity index is 327. The Morgan fingerprint density at radius 1 is 0.952 bits per heavy atom. The number of carbonyl (C=O) groups is 2. The van der Waals surface area contributed by atoms with Gasteiger partial charge in [-0.25, -0.2) is 0 Å². The molecule has 0 radical (unpaired) electrons. The van der Waals surface area contributed by atoms with Crippen LogP contribution in [0.5, 0.6) is 0 Å². The summed E-state index contributed by atoms with van der Waals surface area (Å²) in [7, 11) is 0. The lowest BCUT2D eigenvalue weighted by Gasteiger charge is -2.24. The van der Waals surface area contributed by atoms with Gasteiger partial charge in [0.1, 0.15) is 24.9 Å². The minimum atomic E-state index is -2.09. The Hall–Kier alpha value is -1.10. The summed E-state index contributed by atoms with van der Waals surface area (Å²) in [4.78, 5) is 22.5. The Kier molecular flexibility index (Phi) is 10.0. The van der Waals surface area contributed by atoms with Crippen molar-refractivity contribution in [2.75, 3.05) is 19.7 Å². The van der Waals surface area contributed by atoms with Gasteiger partial charge in [-0.1, -0.05) is 6.42 Å². The Morgan fingerprint density at radius 2 is 1.52 bits per heavy atom. The van der Waals surface area contributed by atoms with Gasteiger partial charge in [0, 0.05) is 6.54 Å². The molecule has 0 bridgehead atoms. The van der Waals surface area contributed by atoms with E-state index in [1.54, 1.807) is 0 Å². The van der Waals surface area contributed by atoms with Crippen LogP contribution in [0.1, 0.15) is 19.3 Å². The van der Waals surface area contributed by atoms with Crippen LogP contribution in [0.15, 0.2) is 0 Å². The molecule has 4 atom stereocenters. The minimum absolute atomic E-state index is 0.261. The lowest BCUT2D eigenvalue weighted by atomic mass is 10.00. The first-order valence-corrected chi connectivity index (χ1v) is 6.70. The van der Waals surface area contributed by atoms with Crippen molar-refractivity contribution >= 4 is 11.7 Å². The van der Waals surface area contributed by atoms with E-state index in [2.05, 4.69) is 5.32 Å². The van der Waals surface area contributed by atoms with Crippen LogP contribution < -0.4 is 11.1 Å². The monoisotopic (exact) mass is 308 g/mol. The van der Waals surface area contributed by atoms with Crippen molar-refractivity contribution in [2.24, 2.45) is 5.73 Å². The third-order valence-corrected chi connectivity index (χ3v) is 2.93. The molecule has 0 aromatic heterocycles. The first kappa shape index (κ1) is 19.9. The van der Waals surface area contributed by atoms with E-state index in [4.69, 9.17) is 10.8 Å². The van der Waals surface area contributed by atoms with Crippen LogP contribution in [0.3, 0.4) is 0 Å². The minimum Gasteiger partial charge on any atom is -0.388 e. The maximum absolute atomic E-state index is 11.5. The van der Waals surface area contributed by atoms with Crippen molar-refractivity contribution in [1.29, 1.82) is 0 Å². The fourth-order valence-electron chi connectivity index (χ4n) is 1.57. The molecule has 1 amide bonds. The average Bonchev–Trinajstić information content (AvgIpc) is 2.50. The number of nitrogens with two attached hydrogens (primary N) is 1. The van der Waals surface area contributed by atoms with Gasteiger partial charge in [-0.15, -0.1) is 0 Å². The summed E-state index contributed by atoms with van der Waals surface area (Å²) in [5, 5.41) is 48.7. The Labute approximate surface area is 122 Å². The summed E-state index contributed by atoms with van der Waals surface area (Å²) < 4.78 is 0. The second kappa shape index (κ2) is 10.6. The van der Waals surface area contributed by atoms with Gasteiger partial charge in [-0.2, -0.15) is 0 Å². The summed E-state index contributed by atoms with van der Waals surface area (Å²) in [6.07, 6.45) is -5.99. The van der Waals surface area contributed by atoms with E-state index in [9.17, 15) is 30.0 Å². The second-order valence-corrected chi connectivity index (χ2v) is 4.64. The first-order chi connectivity index (χ1) is 9.86. The molecule has 0 saturated carbocycles. The number of hydrogen-bond acceptors (Lipinski definition) is 8. The number of rotatable bonds is 11. The normalized spacial score (nSPS) is 16.9. The molecule has 124 valence electrons. The number of Topliss-reactive ketones (excluding diaryl/α,β-unsaturated/α-hetero) is 1. The van der Waals surface area contributed by atoms with Gasteiger partial charge in [0.05, 0.1) is 0 Å². The van der Waals surface area contributed by atoms with E-state index >= 15 is 0 Å². The predicted molar refractivity (Wildman–Crippen MR) is 72.0 cm³/mol. The van der Waals surface area contributed by atoms with E-state index in [0.29, 0.717) is 13.0 Å². The molecule has 21 heavy (non-hydrogen) atoms. The van der Waals surface area contributed by atoms with Crippen molar-refractivity contribution in [1.82, 2.24) is 5.32 Å². The van der Waals surface area contributed by atoms with Gasteiger partial charge in [0.2, 0.25) is 0 Å². The third kappa shape index (κ3) is 6.93. The molecule has 0 unspecified atom stereocenters. The largest absolute Gasteiger partial charge is 0.388 e. The van der Waals surface area contributed by atoms with E-state index in [1.165, 1.54) is 0 Å². The zero-order chi connectivity index (χ0) is 16.4. The molecule has 0 aliphatic rings. The van der Waals surface area contributed by atoms with Crippen LogP contribution in [-0.2, 0) is 9.59 Å². The van der Waals surface area contributed by atoms with Crippen molar-refractivity contribution in [3.8, 4) is 0 Å². The number of ketones is 1. The molecule has 9 heteroatoms. The van der Waals surface area contributed by atoms with Crippen LogP contribution >= 0.6 is 0 Å². The Morgan fingerprint density at radius 3 is 2.05 bits per heavy atom. The molecule has 0 aromatic rings. The van der Waals surface area contributed by atoms with Crippen LogP contribution in [0, 0.1) is 0 Å².